The molecule has 0 saturated carbocycles. The summed E-state index contributed by atoms with van der Waals surface area (Å²) >= 11 is 0. The number of rotatable bonds is 4. The fraction of sp³-hybridized carbons (Fsp3) is 0.923. The lowest BCUT2D eigenvalue weighted by Gasteiger charge is -2.40. The van der Waals surface area contributed by atoms with Gasteiger partial charge in [0.2, 0.25) is 0 Å². The molecule has 0 aromatic carbocycles. The number of nitrogens with two attached hydrogens (primary N) is 1. The Hall–Kier alpha value is -0.610. The minimum atomic E-state index is -0.898. The Morgan fingerprint density at radius 1 is 1.53 bits per heavy atom. The second kappa shape index (κ2) is 5.83. The van der Waals surface area contributed by atoms with Crippen LogP contribution in [0.2, 0.25) is 0 Å². The Bertz CT molecular complexity index is 266. The average molecular weight is 242 g/mol. The van der Waals surface area contributed by atoms with Crippen molar-refractivity contribution in [2.75, 3.05) is 19.7 Å². The van der Waals surface area contributed by atoms with Gasteiger partial charge in [0.25, 0.3) is 0 Å². The Labute approximate surface area is 104 Å². The zero-order valence-corrected chi connectivity index (χ0v) is 11.5. The van der Waals surface area contributed by atoms with E-state index >= 15 is 0 Å². The predicted octanol–water partition coefficient (Wildman–Crippen LogP) is 1.39. The van der Waals surface area contributed by atoms with Crippen molar-refractivity contribution in [2.45, 2.75) is 52.1 Å². The number of likely N-dealkylation sites (tertiary alicyclic amines) is 1. The van der Waals surface area contributed by atoms with Crippen molar-refractivity contribution < 1.29 is 9.53 Å². The summed E-state index contributed by atoms with van der Waals surface area (Å²) in [4.78, 5) is 14.0. The molecule has 0 aromatic heterocycles. The van der Waals surface area contributed by atoms with E-state index in [9.17, 15) is 4.79 Å². The van der Waals surface area contributed by atoms with E-state index in [1.807, 2.05) is 0 Å². The molecule has 1 saturated heterocycles. The molecule has 3 unspecified atom stereocenters. The quantitative estimate of drug-likeness (QED) is 0.757. The molecule has 100 valence electrons. The van der Waals surface area contributed by atoms with Gasteiger partial charge in [-0.3, -0.25) is 9.69 Å². The summed E-state index contributed by atoms with van der Waals surface area (Å²) in [5, 5.41) is 0. The van der Waals surface area contributed by atoms with Crippen molar-refractivity contribution in [2.24, 2.45) is 11.7 Å². The van der Waals surface area contributed by atoms with Crippen LogP contribution in [0.5, 0.6) is 0 Å². The Kier molecular flexibility index (Phi) is 4.95. The van der Waals surface area contributed by atoms with E-state index in [1.54, 1.807) is 13.8 Å². The third-order valence-corrected chi connectivity index (χ3v) is 3.55. The molecule has 4 nitrogen and oxygen atoms in total. The SMILES string of the molecule is CCOC(=O)C(C)(N)CN1CCC(C)CC1C. The fourth-order valence-corrected chi connectivity index (χ4v) is 2.47. The van der Waals surface area contributed by atoms with Crippen LogP contribution < -0.4 is 5.73 Å². The van der Waals surface area contributed by atoms with E-state index in [1.165, 1.54) is 12.8 Å². The highest BCUT2D eigenvalue weighted by molar-refractivity contribution is 5.80. The minimum absolute atomic E-state index is 0.300. The van der Waals surface area contributed by atoms with Gasteiger partial charge in [-0.15, -0.1) is 0 Å². The van der Waals surface area contributed by atoms with Crippen molar-refractivity contribution in [3.63, 3.8) is 0 Å². The first-order valence-corrected chi connectivity index (χ1v) is 6.57. The van der Waals surface area contributed by atoms with Gasteiger partial charge in [-0.25, -0.2) is 0 Å². The Balaban J connectivity index is 2.55. The number of esters is 1. The highest BCUT2D eigenvalue weighted by atomic mass is 16.5. The maximum atomic E-state index is 11.7. The van der Waals surface area contributed by atoms with Crippen molar-refractivity contribution in [1.82, 2.24) is 4.90 Å². The third kappa shape index (κ3) is 3.96. The van der Waals surface area contributed by atoms with Gasteiger partial charge in [-0.2, -0.15) is 0 Å². The summed E-state index contributed by atoms with van der Waals surface area (Å²) in [5.41, 5.74) is 5.16. The number of hydrogen-bond acceptors (Lipinski definition) is 4. The number of nitrogens with zero attached hydrogens (tertiary/aromatic N) is 1. The molecule has 0 spiro atoms. The summed E-state index contributed by atoms with van der Waals surface area (Å²) in [6.07, 6.45) is 2.36. The molecule has 1 aliphatic rings. The number of ether oxygens (including phenoxy) is 1. The maximum Gasteiger partial charge on any atom is 0.327 e. The molecule has 17 heavy (non-hydrogen) atoms. The van der Waals surface area contributed by atoms with E-state index in [-0.39, 0.29) is 5.97 Å². The zero-order chi connectivity index (χ0) is 13.1. The van der Waals surface area contributed by atoms with Crippen LogP contribution >= 0.6 is 0 Å². The lowest BCUT2D eigenvalue weighted by molar-refractivity contribution is -0.150. The molecule has 1 aliphatic heterocycles. The van der Waals surface area contributed by atoms with Gasteiger partial charge in [0, 0.05) is 12.6 Å². The topological polar surface area (TPSA) is 55.6 Å². The first kappa shape index (κ1) is 14.5. The lowest BCUT2D eigenvalue weighted by atomic mass is 9.91. The van der Waals surface area contributed by atoms with E-state index in [4.69, 9.17) is 10.5 Å². The smallest absolute Gasteiger partial charge is 0.327 e. The van der Waals surface area contributed by atoms with Crippen molar-refractivity contribution >= 4 is 5.97 Å². The van der Waals surface area contributed by atoms with Crippen LogP contribution in [0.25, 0.3) is 0 Å². The molecular formula is C13H26N2O2. The monoisotopic (exact) mass is 242 g/mol. The fourth-order valence-electron chi connectivity index (χ4n) is 2.47. The van der Waals surface area contributed by atoms with Crippen molar-refractivity contribution in [3.8, 4) is 0 Å². The lowest BCUT2D eigenvalue weighted by Crippen LogP contribution is -2.57. The summed E-state index contributed by atoms with van der Waals surface area (Å²) < 4.78 is 5.01. The molecule has 2 N–H and O–H groups in total. The van der Waals surface area contributed by atoms with Crippen molar-refractivity contribution in [3.05, 3.63) is 0 Å². The summed E-state index contributed by atoms with van der Waals surface area (Å²) in [6, 6.07) is 0.496. The van der Waals surface area contributed by atoms with Crippen LogP contribution in [0.4, 0.5) is 0 Å². The second-order valence-electron chi connectivity index (χ2n) is 5.59. The molecule has 1 rings (SSSR count). The van der Waals surface area contributed by atoms with Crippen LogP contribution in [0.15, 0.2) is 0 Å². The van der Waals surface area contributed by atoms with Crippen LogP contribution in [0, 0.1) is 5.92 Å². The van der Waals surface area contributed by atoms with Gasteiger partial charge in [0.15, 0.2) is 0 Å². The van der Waals surface area contributed by atoms with Gasteiger partial charge in [0.1, 0.15) is 5.54 Å². The molecule has 0 amide bonds. The standard InChI is InChI=1S/C13H26N2O2/c1-5-17-12(16)13(4,14)9-15-7-6-10(2)8-11(15)3/h10-11H,5-9,14H2,1-4H3. The number of carbonyl (C=O) groups is 1. The third-order valence-electron chi connectivity index (χ3n) is 3.55. The van der Waals surface area contributed by atoms with Crippen molar-refractivity contribution in [1.29, 1.82) is 0 Å². The molecule has 0 aromatic rings. The Morgan fingerprint density at radius 2 is 2.18 bits per heavy atom. The maximum absolute atomic E-state index is 11.7. The number of hydrogen-bond donors (Lipinski definition) is 1. The minimum Gasteiger partial charge on any atom is -0.465 e. The van der Waals surface area contributed by atoms with E-state index in [2.05, 4.69) is 18.7 Å². The molecule has 1 heterocycles. The summed E-state index contributed by atoms with van der Waals surface area (Å²) in [7, 11) is 0. The van der Waals surface area contributed by atoms with Crippen LogP contribution in [0.1, 0.15) is 40.5 Å². The molecular weight excluding hydrogens is 216 g/mol. The van der Waals surface area contributed by atoms with Gasteiger partial charge in [-0.1, -0.05) is 6.92 Å². The van der Waals surface area contributed by atoms with Crippen LogP contribution in [-0.4, -0.2) is 42.1 Å². The number of carbonyl (C=O) groups excluding carboxylic acids is 1. The molecule has 0 bridgehead atoms. The average Bonchev–Trinajstić information content (AvgIpc) is 2.22. The summed E-state index contributed by atoms with van der Waals surface area (Å²) in [6.45, 7) is 10.0. The summed E-state index contributed by atoms with van der Waals surface area (Å²) in [5.74, 6) is 0.471. The molecule has 0 radical (unpaired) electrons. The largest absolute Gasteiger partial charge is 0.465 e. The van der Waals surface area contributed by atoms with Crippen LogP contribution in [0.3, 0.4) is 0 Å². The molecule has 3 atom stereocenters. The molecule has 0 aliphatic carbocycles. The molecule has 1 fully saturated rings. The van der Waals surface area contributed by atoms with Gasteiger partial charge >= 0.3 is 5.97 Å². The van der Waals surface area contributed by atoms with E-state index < -0.39 is 5.54 Å². The Morgan fingerprint density at radius 3 is 2.71 bits per heavy atom. The van der Waals surface area contributed by atoms with Gasteiger partial charge in [-0.05, 0) is 46.1 Å². The van der Waals surface area contributed by atoms with E-state index in [0.29, 0.717) is 19.2 Å². The highest BCUT2D eigenvalue weighted by Gasteiger charge is 2.35. The van der Waals surface area contributed by atoms with E-state index in [0.717, 1.165) is 12.5 Å². The van der Waals surface area contributed by atoms with Gasteiger partial charge in [0.05, 0.1) is 6.61 Å². The number of piperidine rings is 1. The van der Waals surface area contributed by atoms with Gasteiger partial charge < -0.3 is 10.5 Å². The van der Waals surface area contributed by atoms with Crippen LogP contribution in [-0.2, 0) is 9.53 Å². The zero-order valence-electron chi connectivity index (χ0n) is 11.5. The second-order valence-corrected chi connectivity index (χ2v) is 5.59. The first-order chi connectivity index (χ1) is 7.86. The predicted molar refractivity (Wildman–Crippen MR) is 68.7 cm³/mol. The highest BCUT2D eigenvalue weighted by Crippen LogP contribution is 2.23. The first-order valence-electron chi connectivity index (χ1n) is 6.57. The molecule has 4 heteroatoms. The normalized spacial score (nSPS) is 29.7.